The van der Waals surface area contributed by atoms with Crippen molar-refractivity contribution in [3.8, 4) is 11.5 Å². The molecule has 1 aliphatic rings. The van der Waals surface area contributed by atoms with Crippen LogP contribution >= 0.6 is 11.8 Å². The van der Waals surface area contributed by atoms with E-state index in [4.69, 9.17) is 9.47 Å². The van der Waals surface area contributed by atoms with Gasteiger partial charge in [0.15, 0.2) is 0 Å². The number of thioether (sulfide) groups is 1. The van der Waals surface area contributed by atoms with Gasteiger partial charge in [-0.1, -0.05) is 12.1 Å². The number of nitrogens with zero attached hydrogens (tertiary/aromatic N) is 1. The molecule has 1 aliphatic heterocycles. The van der Waals surface area contributed by atoms with Crippen LogP contribution in [0.4, 0.5) is 10.5 Å². The number of benzene rings is 2. The van der Waals surface area contributed by atoms with Gasteiger partial charge in [0, 0.05) is 5.56 Å². The Hall–Kier alpha value is -2.73. The fraction of sp³-hybridized carbons (Fsp3) is 0.200. The Labute approximate surface area is 156 Å². The maximum Gasteiger partial charge on any atom is 0.298 e. The van der Waals surface area contributed by atoms with E-state index in [-0.39, 0.29) is 11.1 Å². The van der Waals surface area contributed by atoms with E-state index in [1.54, 1.807) is 38.5 Å². The maximum absolute atomic E-state index is 12.9. The molecule has 6 heteroatoms. The first-order chi connectivity index (χ1) is 12.4. The van der Waals surface area contributed by atoms with Gasteiger partial charge in [0.2, 0.25) is 0 Å². The molecule has 0 radical (unpaired) electrons. The molecule has 26 heavy (non-hydrogen) atoms. The average Bonchev–Trinajstić information content (AvgIpc) is 2.90. The SMILES string of the molecule is COc1ccc(OC)c(/C=C2\SC(=O)N(c3cc(C)ccc3C)C2=O)c1. The molecule has 1 heterocycles. The maximum atomic E-state index is 12.9. The summed E-state index contributed by atoms with van der Waals surface area (Å²) in [6.07, 6.45) is 1.66. The van der Waals surface area contributed by atoms with Crippen LogP contribution in [0.5, 0.6) is 11.5 Å². The van der Waals surface area contributed by atoms with Crippen LogP contribution in [-0.2, 0) is 4.79 Å². The predicted octanol–water partition coefficient (Wildman–Crippen LogP) is 4.56. The van der Waals surface area contributed by atoms with Crippen molar-refractivity contribution in [1.29, 1.82) is 0 Å². The third kappa shape index (κ3) is 3.32. The summed E-state index contributed by atoms with van der Waals surface area (Å²) < 4.78 is 10.6. The number of ether oxygens (including phenoxy) is 2. The van der Waals surface area contributed by atoms with Gasteiger partial charge in [-0.25, -0.2) is 4.90 Å². The molecule has 134 valence electrons. The third-order valence-corrected chi connectivity index (χ3v) is 4.99. The molecular formula is C20H19NO4S. The lowest BCUT2D eigenvalue weighted by molar-refractivity contribution is -0.113. The Morgan fingerprint density at radius 1 is 1.00 bits per heavy atom. The molecule has 3 rings (SSSR count). The summed E-state index contributed by atoms with van der Waals surface area (Å²) >= 11 is 0.921. The molecule has 0 spiro atoms. The number of aryl methyl sites for hydroxylation is 2. The van der Waals surface area contributed by atoms with Gasteiger partial charge in [-0.3, -0.25) is 9.59 Å². The van der Waals surface area contributed by atoms with Crippen molar-refractivity contribution in [2.24, 2.45) is 0 Å². The molecule has 0 bridgehead atoms. The standard InChI is InChI=1S/C20H19NO4S/c1-12-5-6-13(2)16(9-12)21-19(22)18(26-20(21)23)11-14-10-15(24-3)7-8-17(14)25-4/h5-11H,1-4H3/b18-11-. The Morgan fingerprint density at radius 3 is 2.46 bits per heavy atom. The van der Waals surface area contributed by atoms with Crippen LogP contribution in [0.1, 0.15) is 16.7 Å². The highest BCUT2D eigenvalue weighted by molar-refractivity contribution is 8.19. The van der Waals surface area contributed by atoms with Crippen molar-refractivity contribution in [3.63, 3.8) is 0 Å². The van der Waals surface area contributed by atoms with Crippen molar-refractivity contribution in [3.05, 3.63) is 58.0 Å². The van der Waals surface area contributed by atoms with Crippen LogP contribution in [0.15, 0.2) is 41.3 Å². The molecule has 2 aromatic rings. The average molecular weight is 369 g/mol. The molecule has 0 aromatic heterocycles. The number of amides is 2. The second-order valence-electron chi connectivity index (χ2n) is 5.91. The summed E-state index contributed by atoms with van der Waals surface area (Å²) in [4.78, 5) is 27.0. The van der Waals surface area contributed by atoms with Crippen molar-refractivity contribution in [1.82, 2.24) is 0 Å². The van der Waals surface area contributed by atoms with Gasteiger partial charge in [-0.2, -0.15) is 0 Å². The highest BCUT2D eigenvalue weighted by Crippen LogP contribution is 2.38. The Bertz CT molecular complexity index is 920. The van der Waals surface area contributed by atoms with Gasteiger partial charge in [-0.15, -0.1) is 0 Å². The minimum Gasteiger partial charge on any atom is -0.497 e. The second-order valence-corrected chi connectivity index (χ2v) is 6.91. The number of methoxy groups -OCH3 is 2. The summed E-state index contributed by atoms with van der Waals surface area (Å²) in [5, 5.41) is -0.309. The topological polar surface area (TPSA) is 55.8 Å². The molecule has 0 saturated carbocycles. The van der Waals surface area contributed by atoms with Crippen LogP contribution in [0.3, 0.4) is 0 Å². The van der Waals surface area contributed by atoms with Gasteiger partial charge >= 0.3 is 0 Å². The smallest absolute Gasteiger partial charge is 0.298 e. The largest absolute Gasteiger partial charge is 0.497 e. The predicted molar refractivity (Wildman–Crippen MR) is 104 cm³/mol. The molecule has 1 fully saturated rings. The quantitative estimate of drug-likeness (QED) is 0.740. The van der Waals surface area contributed by atoms with Crippen LogP contribution in [0, 0.1) is 13.8 Å². The van der Waals surface area contributed by atoms with E-state index in [9.17, 15) is 9.59 Å². The summed E-state index contributed by atoms with van der Waals surface area (Å²) in [5.74, 6) is 0.911. The first kappa shape index (κ1) is 18.1. The summed E-state index contributed by atoms with van der Waals surface area (Å²) in [6.45, 7) is 3.81. The monoisotopic (exact) mass is 369 g/mol. The zero-order valence-electron chi connectivity index (χ0n) is 15.0. The number of rotatable bonds is 4. The van der Waals surface area contributed by atoms with E-state index < -0.39 is 0 Å². The fourth-order valence-electron chi connectivity index (χ4n) is 2.73. The van der Waals surface area contributed by atoms with Crippen molar-refractivity contribution in [2.45, 2.75) is 13.8 Å². The van der Waals surface area contributed by atoms with Crippen molar-refractivity contribution >= 4 is 34.7 Å². The number of hydrogen-bond acceptors (Lipinski definition) is 5. The minimum absolute atomic E-state index is 0.309. The van der Waals surface area contributed by atoms with Gasteiger partial charge in [0.25, 0.3) is 11.1 Å². The molecule has 2 aromatic carbocycles. The lowest BCUT2D eigenvalue weighted by Gasteiger charge is -2.16. The molecule has 0 atom stereocenters. The molecule has 2 amide bonds. The van der Waals surface area contributed by atoms with E-state index in [1.807, 2.05) is 32.0 Å². The third-order valence-electron chi connectivity index (χ3n) is 4.12. The summed E-state index contributed by atoms with van der Waals surface area (Å²) in [5.41, 5.74) is 3.16. The Balaban J connectivity index is 2.02. The highest BCUT2D eigenvalue weighted by Gasteiger charge is 2.37. The minimum atomic E-state index is -0.335. The molecule has 1 saturated heterocycles. The first-order valence-corrected chi connectivity index (χ1v) is 8.83. The normalized spacial score (nSPS) is 15.7. The van der Waals surface area contributed by atoms with Gasteiger partial charge in [-0.05, 0) is 67.1 Å². The Morgan fingerprint density at radius 2 is 1.77 bits per heavy atom. The molecule has 0 N–H and O–H groups in total. The zero-order chi connectivity index (χ0) is 18.8. The number of carbonyl (C=O) groups excluding carboxylic acids is 2. The van der Waals surface area contributed by atoms with Crippen LogP contribution in [0.2, 0.25) is 0 Å². The summed E-state index contributed by atoms with van der Waals surface area (Å²) in [7, 11) is 3.13. The van der Waals surface area contributed by atoms with Crippen LogP contribution in [-0.4, -0.2) is 25.4 Å². The lowest BCUT2D eigenvalue weighted by atomic mass is 10.1. The van der Waals surface area contributed by atoms with E-state index in [2.05, 4.69) is 0 Å². The molecular weight excluding hydrogens is 350 g/mol. The lowest BCUT2D eigenvalue weighted by Crippen LogP contribution is -2.28. The van der Waals surface area contributed by atoms with E-state index in [1.165, 1.54) is 4.90 Å². The fourth-order valence-corrected chi connectivity index (χ4v) is 3.55. The van der Waals surface area contributed by atoms with Gasteiger partial charge < -0.3 is 9.47 Å². The highest BCUT2D eigenvalue weighted by atomic mass is 32.2. The van der Waals surface area contributed by atoms with Crippen LogP contribution in [0.25, 0.3) is 6.08 Å². The number of anilines is 1. The molecule has 5 nitrogen and oxygen atoms in total. The first-order valence-electron chi connectivity index (χ1n) is 8.02. The zero-order valence-corrected chi connectivity index (χ0v) is 15.8. The number of imide groups is 1. The van der Waals surface area contributed by atoms with E-state index in [0.29, 0.717) is 27.7 Å². The van der Waals surface area contributed by atoms with E-state index in [0.717, 1.165) is 22.9 Å². The molecule has 0 aliphatic carbocycles. The van der Waals surface area contributed by atoms with Crippen molar-refractivity contribution in [2.75, 3.05) is 19.1 Å². The molecule has 0 unspecified atom stereocenters. The summed E-state index contributed by atoms with van der Waals surface area (Å²) in [6, 6.07) is 11.0. The number of hydrogen-bond donors (Lipinski definition) is 0. The Kier molecular flexibility index (Phi) is 5.04. The van der Waals surface area contributed by atoms with Crippen molar-refractivity contribution < 1.29 is 19.1 Å². The number of carbonyl (C=O) groups is 2. The second kappa shape index (κ2) is 7.25. The van der Waals surface area contributed by atoms with Gasteiger partial charge in [0.05, 0.1) is 24.8 Å². The van der Waals surface area contributed by atoms with Gasteiger partial charge in [0.1, 0.15) is 11.5 Å². The van der Waals surface area contributed by atoms with Crippen LogP contribution < -0.4 is 14.4 Å². The van der Waals surface area contributed by atoms with E-state index >= 15 is 0 Å².